The summed E-state index contributed by atoms with van der Waals surface area (Å²) in [6.45, 7) is 12.7. The van der Waals surface area contributed by atoms with Crippen LogP contribution < -0.4 is 0 Å². The Balaban J connectivity index is 4.19. The number of unbranched alkanes of at least 4 members (excludes halogenated alkanes) is 2. The molecule has 108 valence electrons. The molecule has 0 unspecified atom stereocenters. The molecule has 3 heteroatoms. The molecule has 0 heterocycles. The maximum absolute atomic E-state index is 2.61. The molecule has 0 saturated carbocycles. The fraction of sp³-hybridized carbons (Fsp3) is 0.867. The summed E-state index contributed by atoms with van der Waals surface area (Å²) < 4.78 is 1.51. The zero-order chi connectivity index (χ0) is 13.6. The molecule has 0 aliphatic rings. The summed E-state index contributed by atoms with van der Waals surface area (Å²) in [6, 6.07) is 0. The SMILES string of the molecule is CCCCN(CC=C(SCC)SCC)CCCC. The highest BCUT2D eigenvalue weighted by Gasteiger charge is 2.03. The first-order valence-corrected chi connectivity index (χ1v) is 9.43. The van der Waals surface area contributed by atoms with Crippen molar-refractivity contribution in [3.63, 3.8) is 0 Å². The molecule has 0 aliphatic carbocycles. The van der Waals surface area contributed by atoms with E-state index in [9.17, 15) is 0 Å². The quantitative estimate of drug-likeness (QED) is 0.484. The van der Waals surface area contributed by atoms with Gasteiger partial charge in [0.25, 0.3) is 0 Å². The van der Waals surface area contributed by atoms with Crippen LogP contribution >= 0.6 is 23.5 Å². The van der Waals surface area contributed by atoms with E-state index in [0.29, 0.717) is 0 Å². The van der Waals surface area contributed by atoms with Crippen LogP contribution in [0.4, 0.5) is 0 Å². The van der Waals surface area contributed by atoms with Gasteiger partial charge >= 0.3 is 0 Å². The molecular formula is C15H31NS2. The molecule has 0 radical (unpaired) electrons. The molecule has 0 aromatic heterocycles. The molecule has 0 amide bonds. The first-order chi connectivity index (χ1) is 8.78. The van der Waals surface area contributed by atoms with Crippen LogP contribution in [0.2, 0.25) is 0 Å². The molecule has 18 heavy (non-hydrogen) atoms. The molecule has 0 fully saturated rings. The average molecular weight is 290 g/mol. The molecule has 0 N–H and O–H groups in total. The Hall–Kier alpha value is 0.400. The van der Waals surface area contributed by atoms with Crippen LogP contribution in [0.5, 0.6) is 0 Å². The maximum atomic E-state index is 2.61. The van der Waals surface area contributed by atoms with Gasteiger partial charge in [0, 0.05) is 10.8 Å². The normalized spacial score (nSPS) is 10.9. The van der Waals surface area contributed by atoms with Gasteiger partial charge in [-0.1, -0.05) is 46.6 Å². The van der Waals surface area contributed by atoms with Gasteiger partial charge in [-0.2, -0.15) is 0 Å². The van der Waals surface area contributed by atoms with E-state index in [1.54, 1.807) is 0 Å². The molecule has 0 bridgehead atoms. The van der Waals surface area contributed by atoms with Gasteiger partial charge in [-0.15, -0.1) is 23.5 Å². The molecule has 1 nitrogen and oxygen atoms in total. The largest absolute Gasteiger partial charge is 0.300 e. The number of hydrogen-bond donors (Lipinski definition) is 0. The van der Waals surface area contributed by atoms with Crippen molar-refractivity contribution >= 4 is 23.5 Å². The Labute approximate surface area is 123 Å². The number of hydrogen-bond acceptors (Lipinski definition) is 3. The van der Waals surface area contributed by atoms with E-state index in [-0.39, 0.29) is 0 Å². The summed E-state index contributed by atoms with van der Waals surface area (Å²) >= 11 is 3.98. The molecule has 0 rings (SSSR count). The van der Waals surface area contributed by atoms with Crippen LogP contribution in [0.1, 0.15) is 53.4 Å². The van der Waals surface area contributed by atoms with Gasteiger partial charge in [0.15, 0.2) is 0 Å². The lowest BCUT2D eigenvalue weighted by molar-refractivity contribution is 0.292. The van der Waals surface area contributed by atoms with E-state index >= 15 is 0 Å². The van der Waals surface area contributed by atoms with Crippen molar-refractivity contribution in [2.24, 2.45) is 0 Å². The Morgan fingerprint density at radius 1 is 0.889 bits per heavy atom. The summed E-state index contributed by atoms with van der Waals surface area (Å²) in [4.78, 5) is 2.61. The van der Waals surface area contributed by atoms with Crippen LogP contribution in [0.25, 0.3) is 0 Å². The van der Waals surface area contributed by atoms with E-state index in [1.165, 1.54) is 54.5 Å². The maximum Gasteiger partial charge on any atom is 0.0373 e. The van der Waals surface area contributed by atoms with Crippen molar-refractivity contribution in [1.29, 1.82) is 0 Å². The summed E-state index contributed by atoms with van der Waals surface area (Å²) in [5, 5.41) is 0. The fourth-order valence-electron chi connectivity index (χ4n) is 1.71. The van der Waals surface area contributed by atoms with Crippen molar-refractivity contribution < 1.29 is 0 Å². The summed E-state index contributed by atoms with van der Waals surface area (Å²) in [5.41, 5.74) is 0. The third-order valence-corrected chi connectivity index (χ3v) is 4.93. The molecule has 0 aromatic carbocycles. The second-order valence-corrected chi connectivity index (χ2v) is 7.27. The van der Waals surface area contributed by atoms with E-state index in [2.05, 4.69) is 38.7 Å². The third kappa shape index (κ3) is 10.3. The van der Waals surface area contributed by atoms with E-state index in [0.717, 1.165) is 6.54 Å². The highest BCUT2D eigenvalue weighted by atomic mass is 32.2. The molecule has 0 aromatic rings. The Morgan fingerprint density at radius 2 is 1.39 bits per heavy atom. The summed E-state index contributed by atoms with van der Waals surface area (Å²) in [6.07, 6.45) is 7.69. The number of thioether (sulfide) groups is 2. The number of rotatable bonds is 12. The topological polar surface area (TPSA) is 3.24 Å². The Kier molecular flexibility index (Phi) is 14.1. The zero-order valence-corrected chi connectivity index (χ0v) is 14.3. The van der Waals surface area contributed by atoms with Crippen molar-refractivity contribution in [3.8, 4) is 0 Å². The van der Waals surface area contributed by atoms with Gasteiger partial charge in [-0.05, 0) is 37.4 Å². The monoisotopic (exact) mass is 289 g/mol. The predicted octanol–water partition coefficient (Wildman–Crippen LogP) is 5.24. The number of nitrogens with zero attached hydrogens (tertiary/aromatic N) is 1. The van der Waals surface area contributed by atoms with Crippen molar-refractivity contribution in [2.75, 3.05) is 31.1 Å². The van der Waals surface area contributed by atoms with Crippen LogP contribution in [-0.2, 0) is 0 Å². The van der Waals surface area contributed by atoms with Gasteiger partial charge < -0.3 is 0 Å². The van der Waals surface area contributed by atoms with Gasteiger partial charge in [-0.25, -0.2) is 0 Å². The van der Waals surface area contributed by atoms with Crippen LogP contribution in [0.3, 0.4) is 0 Å². The molecule has 0 spiro atoms. The Bertz CT molecular complexity index is 189. The Morgan fingerprint density at radius 3 is 1.78 bits per heavy atom. The smallest absolute Gasteiger partial charge is 0.0373 e. The second-order valence-electron chi connectivity index (χ2n) is 4.40. The fourth-order valence-corrected chi connectivity index (χ4v) is 3.70. The minimum atomic E-state index is 1.13. The lowest BCUT2D eigenvalue weighted by atomic mass is 10.2. The standard InChI is InChI=1S/C15H31NS2/c1-5-9-12-16(13-10-6-2)14-11-15(17-7-3)18-8-4/h11H,5-10,12-14H2,1-4H3. The van der Waals surface area contributed by atoms with E-state index in [1.807, 2.05) is 23.5 Å². The molecule has 0 aliphatic heterocycles. The lowest BCUT2D eigenvalue weighted by Gasteiger charge is -2.20. The van der Waals surface area contributed by atoms with E-state index < -0.39 is 0 Å². The van der Waals surface area contributed by atoms with Gasteiger partial charge in [-0.3, -0.25) is 4.90 Å². The summed E-state index contributed by atoms with van der Waals surface area (Å²) in [5.74, 6) is 2.37. The van der Waals surface area contributed by atoms with Crippen LogP contribution in [0.15, 0.2) is 10.3 Å². The first-order valence-electron chi connectivity index (χ1n) is 7.46. The van der Waals surface area contributed by atoms with Crippen molar-refractivity contribution in [2.45, 2.75) is 53.4 Å². The van der Waals surface area contributed by atoms with Crippen molar-refractivity contribution in [1.82, 2.24) is 4.90 Å². The minimum Gasteiger partial charge on any atom is -0.300 e. The molecular weight excluding hydrogens is 258 g/mol. The highest BCUT2D eigenvalue weighted by Crippen LogP contribution is 2.27. The van der Waals surface area contributed by atoms with Gasteiger partial charge in [0.1, 0.15) is 0 Å². The van der Waals surface area contributed by atoms with Gasteiger partial charge in [0.2, 0.25) is 0 Å². The first kappa shape index (κ1) is 18.4. The second kappa shape index (κ2) is 13.8. The predicted molar refractivity (Wildman–Crippen MR) is 90.6 cm³/mol. The highest BCUT2D eigenvalue weighted by molar-refractivity contribution is 8.22. The molecule has 0 atom stereocenters. The molecule has 0 saturated heterocycles. The zero-order valence-electron chi connectivity index (χ0n) is 12.7. The average Bonchev–Trinajstić information content (AvgIpc) is 2.38. The van der Waals surface area contributed by atoms with E-state index in [4.69, 9.17) is 0 Å². The van der Waals surface area contributed by atoms with Gasteiger partial charge in [0.05, 0.1) is 0 Å². The van der Waals surface area contributed by atoms with Crippen LogP contribution in [-0.4, -0.2) is 36.0 Å². The minimum absolute atomic E-state index is 1.13. The van der Waals surface area contributed by atoms with Crippen LogP contribution in [0, 0.1) is 0 Å². The third-order valence-electron chi connectivity index (χ3n) is 2.75. The van der Waals surface area contributed by atoms with Crippen molar-refractivity contribution in [3.05, 3.63) is 10.3 Å². The lowest BCUT2D eigenvalue weighted by Crippen LogP contribution is -2.26. The summed E-state index contributed by atoms with van der Waals surface area (Å²) in [7, 11) is 0.